The molecular weight excluding hydrogens is 386 g/mol. The van der Waals surface area contributed by atoms with Gasteiger partial charge in [-0.25, -0.2) is 4.79 Å². The fourth-order valence-corrected chi connectivity index (χ4v) is 4.19. The Balaban J connectivity index is 1.58. The van der Waals surface area contributed by atoms with E-state index < -0.39 is 23.3 Å². The first kappa shape index (κ1) is 19.1. The molecule has 0 aromatic heterocycles. The lowest BCUT2D eigenvalue weighted by Gasteiger charge is -2.15. The number of alkyl halides is 2. The van der Waals surface area contributed by atoms with Crippen LogP contribution in [0.5, 0.6) is 0 Å². The van der Waals surface area contributed by atoms with Gasteiger partial charge in [0.25, 0.3) is 0 Å². The Morgan fingerprint density at radius 3 is 2.23 bits per heavy atom. The van der Waals surface area contributed by atoms with Crippen molar-refractivity contribution in [3.05, 3.63) is 59.7 Å². The number of fused-ring (bicyclic) bond motifs is 3. The van der Waals surface area contributed by atoms with E-state index in [9.17, 15) is 18.8 Å². The lowest BCUT2D eigenvalue weighted by atomic mass is 10.1. The Morgan fingerprint density at radius 1 is 1.08 bits per heavy atom. The van der Waals surface area contributed by atoms with Gasteiger partial charge < -0.3 is 9.99 Å². The first-order chi connectivity index (χ1) is 12.5. The molecule has 0 N–H and O–H groups in total. The fraction of sp³-hybridized carbons (Fsp3) is 0.235. The monoisotopic (exact) mass is 399 g/mol. The molecule has 26 heavy (non-hydrogen) atoms. The van der Waals surface area contributed by atoms with E-state index in [-0.39, 0.29) is 11.9 Å². The molecule has 1 aliphatic rings. The number of hydrogen-bond donors (Lipinski definition) is 0. The highest BCUT2D eigenvalue weighted by molar-refractivity contribution is 7.99. The van der Waals surface area contributed by atoms with Gasteiger partial charge in [-0.3, -0.25) is 5.04 Å². The number of ether oxygens (including phenoxy) is 1. The van der Waals surface area contributed by atoms with Crippen LogP contribution in [0.2, 0.25) is 0 Å². The number of thioether (sulfide) groups is 1. The van der Waals surface area contributed by atoms with Crippen molar-refractivity contribution in [3.8, 4) is 11.1 Å². The van der Waals surface area contributed by atoms with Gasteiger partial charge in [0.05, 0.1) is 5.25 Å². The third-order valence-electron chi connectivity index (χ3n) is 3.78. The Morgan fingerprint density at radius 2 is 1.65 bits per heavy atom. The van der Waals surface area contributed by atoms with Gasteiger partial charge in [-0.15, -0.1) is 11.8 Å². The molecule has 0 fully saturated rings. The maximum absolute atomic E-state index is 13.3. The predicted octanol–water partition coefficient (Wildman–Crippen LogP) is 3.50. The molecule has 0 saturated heterocycles. The van der Waals surface area contributed by atoms with Crippen molar-refractivity contribution in [1.82, 2.24) is 0 Å². The van der Waals surface area contributed by atoms with E-state index in [0.29, 0.717) is 5.75 Å². The normalized spacial score (nSPS) is 13.3. The van der Waals surface area contributed by atoms with Crippen molar-refractivity contribution in [2.45, 2.75) is 10.5 Å². The van der Waals surface area contributed by atoms with E-state index in [0.717, 1.165) is 22.3 Å². The zero-order valence-corrected chi connectivity index (χ0v) is 14.9. The molecule has 1 aliphatic carbocycles. The number of hydrogen-bond acceptors (Lipinski definition) is 7. The molecule has 0 bridgehead atoms. The van der Waals surface area contributed by atoms with E-state index in [2.05, 4.69) is 14.1 Å². The predicted molar refractivity (Wildman–Crippen MR) is 91.8 cm³/mol. The maximum Gasteiger partial charge on any atom is 0.415 e. The summed E-state index contributed by atoms with van der Waals surface area (Å²) in [6.07, 6.45) is 0. The van der Waals surface area contributed by atoms with Gasteiger partial charge in [-0.05, 0) is 22.3 Å². The summed E-state index contributed by atoms with van der Waals surface area (Å²) in [4.78, 5) is 11.3. The summed E-state index contributed by atoms with van der Waals surface area (Å²) in [5.41, 5.74) is 4.59. The van der Waals surface area contributed by atoms with Gasteiger partial charge in [0, 0.05) is 5.75 Å². The minimum Gasteiger partial charge on any atom is -0.691 e. The minimum absolute atomic E-state index is 0.0492. The fourth-order valence-electron chi connectivity index (χ4n) is 2.76. The van der Waals surface area contributed by atoms with Gasteiger partial charge in [-0.1, -0.05) is 48.5 Å². The second-order valence-corrected chi connectivity index (χ2v) is 7.33. The van der Waals surface area contributed by atoms with Gasteiger partial charge in [0.1, 0.15) is 18.6 Å². The summed E-state index contributed by atoms with van der Waals surface area (Å²) < 4.78 is 34.6. The van der Waals surface area contributed by atoms with Gasteiger partial charge in [0.2, 0.25) is 0 Å². The molecule has 5 nitrogen and oxygen atoms in total. The molecule has 0 amide bonds. The van der Waals surface area contributed by atoms with E-state index >= 15 is 0 Å². The summed E-state index contributed by atoms with van der Waals surface area (Å²) in [6, 6.07) is 16.0. The van der Waals surface area contributed by atoms with E-state index in [1.165, 1.54) is 11.8 Å². The van der Waals surface area contributed by atoms with Crippen LogP contribution in [-0.4, -0.2) is 23.6 Å². The molecule has 0 heterocycles. The van der Waals surface area contributed by atoms with Crippen molar-refractivity contribution in [2.24, 2.45) is 0 Å². The number of benzene rings is 2. The van der Waals surface area contributed by atoms with Crippen LogP contribution in [0.1, 0.15) is 16.4 Å². The first-order valence-electron chi connectivity index (χ1n) is 7.54. The van der Waals surface area contributed by atoms with Gasteiger partial charge >= 0.3 is 11.2 Å². The molecule has 2 aromatic carbocycles. The molecular formula is C17H13F2O5S2-. The molecule has 138 valence electrons. The topological polar surface area (TPSA) is 67.8 Å². The second-order valence-electron chi connectivity index (χ2n) is 5.30. The van der Waals surface area contributed by atoms with Crippen LogP contribution in [0, 0.1) is 0 Å². The van der Waals surface area contributed by atoms with Gasteiger partial charge in [-0.2, -0.15) is 13.1 Å². The Kier molecular flexibility index (Phi) is 6.15. The zero-order valence-electron chi connectivity index (χ0n) is 13.2. The molecule has 2 aromatic rings. The summed E-state index contributed by atoms with van der Waals surface area (Å²) in [5, 5.41) is 8.42. The van der Waals surface area contributed by atoms with Crippen molar-refractivity contribution < 1.29 is 32.9 Å². The summed E-state index contributed by atoms with van der Waals surface area (Å²) in [7, 11) is 0. The standard InChI is InChI=1S/C17H14F2O5S2/c18-17(19,26-24-23-21)16(20)22-9-10-25-15-13-7-3-1-5-11(13)12-6-2-4-8-14(12)15/h1-8,15,21H,9-10H2/p-1. The molecule has 3 rings (SSSR count). The number of rotatable bonds is 8. The number of carbonyl (C=O) groups excluding carboxylic acids is 1. The molecule has 0 radical (unpaired) electrons. The molecule has 0 unspecified atom stereocenters. The molecule has 0 saturated carbocycles. The Hall–Kier alpha value is -1.65. The lowest BCUT2D eigenvalue weighted by Crippen LogP contribution is -2.28. The van der Waals surface area contributed by atoms with E-state index in [1.807, 2.05) is 48.5 Å². The first-order valence-corrected chi connectivity index (χ1v) is 9.33. The smallest absolute Gasteiger partial charge is 0.415 e. The van der Waals surface area contributed by atoms with Crippen LogP contribution in [0.15, 0.2) is 48.5 Å². The number of esters is 1. The molecule has 0 atom stereocenters. The third kappa shape index (κ3) is 4.02. The van der Waals surface area contributed by atoms with Crippen LogP contribution in [0.25, 0.3) is 11.1 Å². The second kappa shape index (κ2) is 8.36. The van der Waals surface area contributed by atoms with Crippen molar-refractivity contribution in [1.29, 1.82) is 0 Å². The van der Waals surface area contributed by atoms with Crippen molar-refractivity contribution in [2.75, 3.05) is 12.4 Å². The minimum atomic E-state index is -4.01. The maximum atomic E-state index is 13.3. The average molecular weight is 399 g/mol. The lowest BCUT2D eigenvalue weighted by molar-refractivity contribution is -0.777. The molecule has 9 heteroatoms. The van der Waals surface area contributed by atoms with Crippen molar-refractivity contribution >= 4 is 29.8 Å². The van der Waals surface area contributed by atoms with E-state index in [4.69, 9.17) is 0 Å². The highest BCUT2D eigenvalue weighted by Crippen LogP contribution is 2.49. The van der Waals surface area contributed by atoms with E-state index in [1.54, 1.807) is 0 Å². The van der Waals surface area contributed by atoms with Crippen molar-refractivity contribution in [3.63, 3.8) is 0 Å². The summed E-state index contributed by atoms with van der Waals surface area (Å²) in [5.74, 6) is -1.45. The summed E-state index contributed by atoms with van der Waals surface area (Å²) >= 11 is 0.807. The number of carbonyl (C=O) groups is 1. The van der Waals surface area contributed by atoms with Crippen LogP contribution in [0.4, 0.5) is 8.78 Å². The highest BCUT2D eigenvalue weighted by atomic mass is 32.2. The van der Waals surface area contributed by atoms with Gasteiger partial charge in [0.15, 0.2) is 0 Å². The summed E-state index contributed by atoms with van der Waals surface area (Å²) in [6.45, 7) is -0.196. The largest absolute Gasteiger partial charge is 0.691 e. The quantitative estimate of drug-likeness (QED) is 0.221. The third-order valence-corrected chi connectivity index (χ3v) is 5.52. The average Bonchev–Trinajstić information content (AvgIpc) is 2.97. The van der Waals surface area contributed by atoms with Crippen LogP contribution in [-0.2, 0) is 18.9 Å². The van der Waals surface area contributed by atoms with Crippen LogP contribution < -0.4 is 5.26 Å². The van der Waals surface area contributed by atoms with Crippen LogP contribution in [0.3, 0.4) is 0 Å². The van der Waals surface area contributed by atoms with Crippen LogP contribution >= 0.6 is 23.8 Å². The number of halogens is 2. The molecule has 0 aliphatic heterocycles. The SMILES string of the molecule is O=C(OCCSC1c2ccccc2-c2ccccc21)C(F)(F)SOO[O-]. The Labute approximate surface area is 156 Å². The highest BCUT2D eigenvalue weighted by Gasteiger charge is 2.43. The molecule has 0 spiro atoms. The Bertz CT molecular complexity index is 742. The zero-order chi connectivity index (χ0) is 18.6.